The van der Waals surface area contributed by atoms with E-state index in [0.717, 1.165) is 66.0 Å². The van der Waals surface area contributed by atoms with Gasteiger partial charge in [0.05, 0.1) is 11.4 Å². The molecule has 7 heteroatoms. The van der Waals surface area contributed by atoms with E-state index in [0.29, 0.717) is 5.92 Å². The van der Waals surface area contributed by atoms with E-state index >= 15 is 0 Å². The average Bonchev–Trinajstić information content (AvgIpc) is 3.04. The Morgan fingerprint density at radius 1 is 1.27 bits per heavy atom. The van der Waals surface area contributed by atoms with Crippen LogP contribution in [0.15, 0.2) is 36.7 Å². The molecule has 0 unspecified atom stereocenters. The lowest BCUT2D eigenvalue weighted by molar-refractivity contribution is 0.198. The monoisotopic (exact) mass is 424 g/mol. The van der Waals surface area contributed by atoms with Crippen molar-refractivity contribution < 1.29 is 0 Å². The molecule has 4 rings (SSSR count). The number of hydrogen-bond donors (Lipinski definition) is 0. The average molecular weight is 425 g/mol. The first-order valence-electron chi connectivity index (χ1n) is 10.4. The maximum absolute atomic E-state index is 6.28. The van der Waals surface area contributed by atoms with Gasteiger partial charge in [-0.3, -0.25) is 9.58 Å². The maximum atomic E-state index is 6.28. The molecular weight excluding hydrogens is 396 g/mol. The summed E-state index contributed by atoms with van der Waals surface area (Å²) in [6, 6.07) is 7.97. The molecule has 0 amide bonds. The zero-order valence-electron chi connectivity index (χ0n) is 18.1. The van der Waals surface area contributed by atoms with Crippen LogP contribution in [-0.2, 0) is 13.6 Å². The minimum atomic E-state index is 0.353. The van der Waals surface area contributed by atoms with Gasteiger partial charge in [0.15, 0.2) is 0 Å². The fourth-order valence-electron chi connectivity index (χ4n) is 4.26. The van der Waals surface area contributed by atoms with Crippen LogP contribution in [0.2, 0.25) is 5.02 Å². The highest BCUT2D eigenvalue weighted by atomic mass is 35.5. The van der Waals surface area contributed by atoms with Crippen molar-refractivity contribution in [3.05, 3.63) is 58.6 Å². The Kier molecular flexibility index (Phi) is 6.06. The van der Waals surface area contributed by atoms with E-state index in [2.05, 4.69) is 34.2 Å². The van der Waals surface area contributed by atoms with Crippen molar-refractivity contribution in [3.63, 3.8) is 0 Å². The minimum absolute atomic E-state index is 0.353. The van der Waals surface area contributed by atoms with Crippen LogP contribution in [0, 0.1) is 6.92 Å². The SMILES string of the molecule is Cc1nn(C)cc1CN1CCC[C@@H](c2nc(N(C)C)ncc2-c2cccc(Cl)c2)C1. The first-order valence-corrected chi connectivity index (χ1v) is 10.8. The van der Waals surface area contributed by atoms with Crippen LogP contribution in [0.5, 0.6) is 0 Å². The highest BCUT2D eigenvalue weighted by Gasteiger charge is 2.26. The second kappa shape index (κ2) is 8.74. The van der Waals surface area contributed by atoms with Crippen molar-refractivity contribution >= 4 is 17.5 Å². The van der Waals surface area contributed by atoms with E-state index in [4.69, 9.17) is 16.6 Å². The molecule has 0 aliphatic carbocycles. The minimum Gasteiger partial charge on any atom is -0.347 e. The highest BCUT2D eigenvalue weighted by Crippen LogP contribution is 2.35. The number of likely N-dealkylation sites (tertiary alicyclic amines) is 1. The standard InChI is InChI=1S/C23H29ClN6/c1-16-19(13-29(4)27-16)15-30-10-6-8-18(14-30)22-21(12-25-23(26-22)28(2)3)17-7-5-9-20(24)11-17/h5,7,9,11-13,18H,6,8,10,14-15H2,1-4H3/t18-/m1/s1. The number of nitrogens with zero attached hydrogens (tertiary/aromatic N) is 6. The molecule has 2 aromatic heterocycles. The molecule has 158 valence electrons. The topological polar surface area (TPSA) is 50.1 Å². The number of benzene rings is 1. The molecule has 0 spiro atoms. The van der Waals surface area contributed by atoms with Crippen molar-refractivity contribution in [1.29, 1.82) is 0 Å². The van der Waals surface area contributed by atoms with Gasteiger partial charge in [0.2, 0.25) is 5.95 Å². The summed E-state index contributed by atoms with van der Waals surface area (Å²) in [5.41, 5.74) is 5.67. The summed E-state index contributed by atoms with van der Waals surface area (Å²) in [5, 5.41) is 5.23. The van der Waals surface area contributed by atoms with Crippen LogP contribution in [0.4, 0.5) is 5.95 Å². The molecule has 30 heavy (non-hydrogen) atoms. The molecule has 3 heterocycles. The number of halogens is 1. The smallest absolute Gasteiger partial charge is 0.225 e. The Morgan fingerprint density at radius 3 is 2.80 bits per heavy atom. The van der Waals surface area contributed by atoms with Crippen molar-refractivity contribution in [2.24, 2.45) is 7.05 Å². The Bertz CT molecular complexity index is 1030. The summed E-state index contributed by atoms with van der Waals surface area (Å²) in [6.45, 7) is 5.09. The lowest BCUT2D eigenvalue weighted by Gasteiger charge is -2.33. The molecule has 0 bridgehead atoms. The van der Waals surface area contributed by atoms with Crippen molar-refractivity contribution in [3.8, 4) is 11.1 Å². The number of aromatic nitrogens is 4. The quantitative estimate of drug-likeness (QED) is 0.611. The Balaban J connectivity index is 1.65. The second-order valence-electron chi connectivity index (χ2n) is 8.36. The van der Waals surface area contributed by atoms with Crippen LogP contribution in [0.25, 0.3) is 11.1 Å². The molecule has 1 atom stereocenters. The molecule has 1 aliphatic heterocycles. The molecular formula is C23H29ClN6. The molecule has 6 nitrogen and oxygen atoms in total. The Morgan fingerprint density at radius 2 is 2.10 bits per heavy atom. The van der Waals surface area contributed by atoms with Crippen LogP contribution in [0.3, 0.4) is 0 Å². The molecule has 3 aromatic rings. The zero-order valence-corrected chi connectivity index (χ0v) is 18.9. The first-order chi connectivity index (χ1) is 14.4. The van der Waals surface area contributed by atoms with Gasteiger partial charge in [-0.25, -0.2) is 9.97 Å². The highest BCUT2D eigenvalue weighted by molar-refractivity contribution is 6.30. The van der Waals surface area contributed by atoms with Crippen molar-refractivity contribution in [2.45, 2.75) is 32.2 Å². The number of piperidine rings is 1. The normalized spacial score (nSPS) is 17.3. The van der Waals surface area contributed by atoms with Crippen LogP contribution in [0.1, 0.15) is 35.7 Å². The molecule has 1 aliphatic rings. The third-order valence-corrected chi connectivity index (χ3v) is 5.98. The summed E-state index contributed by atoms with van der Waals surface area (Å²) in [4.78, 5) is 14.1. The van der Waals surface area contributed by atoms with E-state index in [1.807, 2.05) is 55.1 Å². The summed E-state index contributed by atoms with van der Waals surface area (Å²) in [5.74, 6) is 1.10. The van der Waals surface area contributed by atoms with Gasteiger partial charge in [0, 0.05) is 68.7 Å². The van der Waals surface area contributed by atoms with E-state index < -0.39 is 0 Å². The predicted octanol–water partition coefficient (Wildman–Crippen LogP) is 4.28. The lowest BCUT2D eigenvalue weighted by atomic mass is 9.89. The van der Waals surface area contributed by atoms with Gasteiger partial charge in [-0.1, -0.05) is 23.7 Å². The molecule has 1 aromatic carbocycles. The number of anilines is 1. The molecule has 0 N–H and O–H groups in total. The largest absolute Gasteiger partial charge is 0.347 e. The third-order valence-electron chi connectivity index (χ3n) is 5.74. The van der Waals surface area contributed by atoms with E-state index in [9.17, 15) is 0 Å². The number of aryl methyl sites for hydroxylation is 2. The first kappa shape index (κ1) is 20.8. The summed E-state index contributed by atoms with van der Waals surface area (Å²) in [7, 11) is 5.95. The Hall–Kier alpha value is -2.44. The van der Waals surface area contributed by atoms with E-state index in [-0.39, 0.29) is 0 Å². The third kappa shape index (κ3) is 4.50. The summed E-state index contributed by atoms with van der Waals surface area (Å²) in [6.07, 6.45) is 6.36. The predicted molar refractivity (Wildman–Crippen MR) is 122 cm³/mol. The van der Waals surface area contributed by atoms with Crippen LogP contribution >= 0.6 is 11.6 Å². The second-order valence-corrected chi connectivity index (χ2v) is 8.80. The molecule has 0 saturated carbocycles. The zero-order chi connectivity index (χ0) is 21.3. The van der Waals surface area contributed by atoms with Gasteiger partial charge in [0.25, 0.3) is 0 Å². The van der Waals surface area contributed by atoms with Gasteiger partial charge < -0.3 is 4.90 Å². The number of hydrogen-bond acceptors (Lipinski definition) is 5. The fraction of sp³-hybridized carbons (Fsp3) is 0.435. The summed E-state index contributed by atoms with van der Waals surface area (Å²) < 4.78 is 1.90. The van der Waals surface area contributed by atoms with Gasteiger partial charge in [0.1, 0.15) is 0 Å². The van der Waals surface area contributed by atoms with Crippen LogP contribution < -0.4 is 4.90 Å². The summed E-state index contributed by atoms with van der Waals surface area (Å²) >= 11 is 6.28. The van der Waals surface area contributed by atoms with E-state index in [1.54, 1.807) is 0 Å². The van der Waals surface area contributed by atoms with Crippen molar-refractivity contribution in [1.82, 2.24) is 24.6 Å². The molecule has 1 fully saturated rings. The maximum Gasteiger partial charge on any atom is 0.225 e. The van der Waals surface area contributed by atoms with E-state index in [1.165, 1.54) is 5.56 Å². The number of rotatable bonds is 5. The van der Waals surface area contributed by atoms with Gasteiger partial charge in [-0.05, 0) is 44.0 Å². The Labute approximate surface area is 183 Å². The molecule has 1 saturated heterocycles. The van der Waals surface area contributed by atoms with Gasteiger partial charge in [-0.2, -0.15) is 5.10 Å². The van der Waals surface area contributed by atoms with Gasteiger partial charge in [-0.15, -0.1) is 0 Å². The fourth-order valence-corrected chi connectivity index (χ4v) is 4.45. The lowest BCUT2D eigenvalue weighted by Crippen LogP contribution is -2.34. The van der Waals surface area contributed by atoms with Gasteiger partial charge >= 0.3 is 0 Å². The van der Waals surface area contributed by atoms with Crippen molar-refractivity contribution in [2.75, 3.05) is 32.1 Å². The van der Waals surface area contributed by atoms with Crippen LogP contribution in [-0.4, -0.2) is 51.8 Å². The molecule has 0 radical (unpaired) electrons.